The van der Waals surface area contributed by atoms with E-state index in [1.165, 1.54) is 6.07 Å². The predicted molar refractivity (Wildman–Crippen MR) is 92.4 cm³/mol. The van der Waals surface area contributed by atoms with E-state index in [1.807, 2.05) is 13.8 Å². The van der Waals surface area contributed by atoms with E-state index < -0.39 is 17.0 Å². The third-order valence-electron chi connectivity index (χ3n) is 5.34. The van der Waals surface area contributed by atoms with Crippen LogP contribution < -0.4 is 0 Å². The summed E-state index contributed by atoms with van der Waals surface area (Å²) in [6, 6.07) is 4.03. The highest BCUT2D eigenvalue weighted by atomic mass is 32.2. The van der Waals surface area contributed by atoms with Gasteiger partial charge in [0.2, 0.25) is 0 Å². The van der Waals surface area contributed by atoms with Gasteiger partial charge in [-0.2, -0.15) is 11.8 Å². The number of thioether (sulfide) groups is 1. The molecule has 1 saturated heterocycles. The number of benzene rings is 1. The van der Waals surface area contributed by atoms with Crippen LogP contribution in [0.5, 0.6) is 0 Å². The van der Waals surface area contributed by atoms with Crippen LogP contribution in [0.2, 0.25) is 0 Å². The van der Waals surface area contributed by atoms with Crippen molar-refractivity contribution in [1.82, 2.24) is 0 Å². The Bertz CT molecular complexity index is 797. The van der Waals surface area contributed by atoms with Gasteiger partial charge in [0, 0.05) is 28.3 Å². The second-order valence-electron chi connectivity index (χ2n) is 7.37. The van der Waals surface area contributed by atoms with Crippen LogP contribution in [0.3, 0.4) is 0 Å². The summed E-state index contributed by atoms with van der Waals surface area (Å²) >= 11 is 1.76. The molecule has 5 heteroatoms. The highest BCUT2D eigenvalue weighted by Crippen LogP contribution is 2.50. The van der Waals surface area contributed by atoms with Gasteiger partial charge in [-0.05, 0) is 42.7 Å². The number of nitrogens with zero attached hydrogens (tertiary/aromatic N) is 1. The number of rotatable bonds is 1. The SMILES string of the molecule is CC1(C)CCC2=C(C1=O)C(c1ccc(F)c(F)c1)C1SCCC1=N2. The first-order valence-electron chi connectivity index (χ1n) is 8.30. The molecule has 2 aliphatic heterocycles. The minimum Gasteiger partial charge on any atom is -0.294 e. The van der Waals surface area contributed by atoms with Crippen LogP contribution >= 0.6 is 11.8 Å². The number of hydrogen-bond donors (Lipinski definition) is 0. The molecule has 0 amide bonds. The molecule has 0 aromatic heterocycles. The van der Waals surface area contributed by atoms with E-state index in [-0.39, 0.29) is 17.0 Å². The van der Waals surface area contributed by atoms with Gasteiger partial charge in [0.05, 0.1) is 5.25 Å². The van der Waals surface area contributed by atoms with Crippen molar-refractivity contribution in [3.8, 4) is 0 Å². The van der Waals surface area contributed by atoms with Crippen LogP contribution in [0.1, 0.15) is 44.6 Å². The number of allylic oxidation sites excluding steroid dienone is 2. The van der Waals surface area contributed by atoms with Crippen molar-refractivity contribution < 1.29 is 13.6 Å². The molecule has 0 radical (unpaired) electrons. The number of Topliss-reactive ketones (excluding diaryl/α,β-unsaturated/α-hetero) is 1. The maximum Gasteiger partial charge on any atom is 0.166 e. The lowest BCUT2D eigenvalue weighted by molar-refractivity contribution is -0.124. The topological polar surface area (TPSA) is 29.4 Å². The van der Waals surface area contributed by atoms with Gasteiger partial charge in [0.1, 0.15) is 0 Å². The lowest BCUT2D eigenvalue weighted by atomic mass is 9.68. The Hall–Kier alpha value is -1.49. The zero-order chi connectivity index (χ0) is 17.1. The second-order valence-corrected chi connectivity index (χ2v) is 8.62. The van der Waals surface area contributed by atoms with Crippen molar-refractivity contribution in [2.75, 3.05) is 5.75 Å². The first-order chi connectivity index (χ1) is 11.4. The van der Waals surface area contributed by atoms with E-state index in [0.29, 0.717) is 5.56 Å². The van der Waals surface area contributed by atoms with E-state index in [0.717, 1.165) is 48.1 Å². The van der Waals surface area contributed by atoms with Crippen molar-refractivity contribution in [1.29, 1.82) is 0 Å². The van der Waals surface area contributed by atoms with Gasteiger partial charge in [-0.25, -0.2) is 8.78 Å². The first-order valence-corrected chi connectivity index (χ1v) is 9.35. The summed E-state index contributed by atoms with van der Waals surface area (Å²) < 4.78 is 27.2. The average molecular weight is 347 g/mol. The maximum absolute atomic E-state index is 13.8. The summed E-state index contributed by atoms with van der Waals surface area (Å²) in [7, 11) is 0. The van der Waals surface area contributed by atoms with Crippen molar-refractivity contribution in [2.45, 2.75) is 44.3 Å². The molecule has 0 saturated carbocycles. The summed E-state index contributed by atoms with van der Waals surface area (Å²) in [5.41, 5.74) is 2.94. The predicted octanol–water partition coefficient (Wildman–Crippen LogP) is 4.65. The molecule has 24 heavy (non-hydrogen) atoms. The fourth-order valence-electron chi connectivity index (χ4n) is 3.92. The minimum atomic E-state index is -0.857. The molecule has 1 aromatic carbocycles. The summed E-state index contributed by atoms with van der Waals surface area (Å²) in [6.07, 6.45) is 2.46. The monoisotopic (exact) mass is 347 g/mol. The molecule has 1 aromatic rings. The van der Waals surface area contributed by atoms with Gasteiger partial charge in [-0.3, -0.25) is 9.79 Å². The number of hydrogen-bond acceptors (Lipinski definition) is 3. The molecule has 2 heterocycles. The van der Waals surface area contributed by atoms with Gasteiger partial charge in [0.25, 0.3) is 0 Å². The third kappa shape index (κ3) is 2.36. The molecule has 2 nitrogen and oxygen atoms in total. The number of halogens is 2. The van der Waals surface area contributed by atoms with Crippen LogP contribution in [0, 0.1) is 17.0 Å². The standard InChI is InChI=1S/C19H19F2NOS/c1-19(2)7-5-13-16(18(19)23)15(17-14(22-13)6-8-24-17)10-3-4-11(20)12(21)9-10/h3-4,9,15,17H,5-8H2,1-2H3. The molecule has 1 aliphatic carbocycles. The van der Waals surface area contributed by atoms with Crippen molar-refractivity contribution in [2.24, 2.45) is 10.4 Å². The number of carbonyl (C=O) groups is 1. The van der Waals surface area contributed by atoms with E-state index in [1.54, 1.807) is 17.8 Å². The van der Waals surface area contributed by atoms with Crippen LogP contribution in [-0.4, -0.2) is 22.5 Å². The van der Waals surface area contributed by atoms with Crippen LogP contribution in [-0.2, 0) is 4.79 Å². The van der Waals surface area contributed by atoms with Crippen LogP contribution in [0.15, 0.2) is 34.5 Å². The van der Waals surface area contributed by atoms with E-state index in [2.05, 4.69) is 0 Å². The Labute approximate surface area is 144 Å². The lowest BCUT2D eigenvalue weighted by Crippen LogP contribution is -2.38. The van der Waals surface area contributed by atoms with Crippen molar-refractivity contribution >= 4 is 23.3 Å². The largest absolute Gasteiger partial charge is 0.294 e. The Morgan fingerprint density at radius 1 is 1.21 bits per heavy atom. The third-order valence-corrected chi connectivity index (χ3v) is 6.68. The maximum atomic E-state index is 13.8. The smallest absolute Gasteiger partial charge is 0.166 e. The minimum absolute atomic E-state index is 0.0615. The molecular formula is C19H19F2NOS. The normalized spacial score (nSPS) is 28.5. The number of ketones is 1. The highest BCUT2D eigenvalue weighted by molar-refractivity contribution is 8.01. The molecule has 2 atom stereocenters. The van der Waals surface area contributed by atoms with Gasteiger partial charge in [-0.1, -0.05) is 19.9 Å². The summed E-state index contributed by atoms with van der Waals surface area (Å²) in [5, 5.41) is 0.0615. The molecule has 0 spiro atoms. The molecule has 2 unspecified atom stereocenters. The fraction of sp³-hybridized carbons (Fsp3) is 0.474. The van der Waals surface area contributed by atoms with Crippen LogP contribution in [0.25, 0.3) is 0 Å². The molecule has 1 fully saturated rings. The summed E-state index contributed by atoms with van der Waals surface area (Å²) in [6.45, 7) is 3.92. The van der Waals surface area contributed by atoms with Gasteiger partial charge in [0.15, 0.2) is 17.4 Å². The van der Waals surface area contributed by atoms with E-state index in [9.17, 15) is 13.6 Å². The molecular weight excluding hydrogens is 328 g/mol. The number of fused-ring (bicyclic) bond motifs is 1. The quantitative estimate of drug-likeness (QED) is 0.740. The second kappa shape index (κ2) is 5.51. The van der Waals surface area contributed by atoms with E-state index >= 15 is 0 Å². The summed E-state index contributed by atoms with van der Waals surface area (Å²) in [5.74, 6) is -0.867. The Morgan fingerprint density at radius 2 is 2.00 bits per heavy atom. The molecule has 4 rings (SSSR count). The summed E-state index contributed by atoms with van der Waals surface area (Å²) in [4.78, 5) is 17.9. The average Bonchev–Trinajstić information content (AvgIpc) is 3.00. The molecule has 0 N–H and O–H groups in total. The van der Waals surface area contributed by atoms with Gasteiger partial charge < -0.3 is 0 Å². The molecule has 126 valence electrons. The van der Waals surface area contributed by atoms with Crippen molar-refractivity contribution in [3.05, 3.63) is 46.7 Å². The first kappa shape index (κ1) is 16.0. The Morgan fingerprint density at radius 3 is 2.75 bits per heavy atom. The Kier molecular flexibility index (Phi) is 3.68. The van der Waals surface area contributed by atoms with E-state index in [4.69, 9.17) is 4.99 Å². The lowest BCUT2D eigenvalue weighted by Gasteiger charge is -2.38. The Balaban J connectivity index is 1.89. The fourth-order valence-corrected chi connectivity index (χ4v) is 5.35. The van der Waals surface area contributed by atoms with Crippen molar-refractivity contribution in [3.63, 3.8) is 0 Å². The van der Waals surface area contributed by atoms with Gasteiger partial charge >= 0.3 is 0 Å². The molecule has 3 aliphatic rings. The molecule has 0 bridgehead atoms. The number of aliphatic imine (C=N–C) groups is 1. The number of carbonyl (C=O) groups excluding carboxylic acids is 1. The zero-order valence-corrected chi connectivity index (χ0v) is 14.6. The van der Waals surface area contributed by atoms with Crippen LogP contribution in [0.4, 0.5) is 8.78 Å². The van der Waals surface area contributed by atoms with Gasteiger partial charge in [-0.15, -0.1) is 0 Å². The zero-order valence-electron chi connectivity index (χ0n) is 13.7. The highest BCUT2D eigenvalue weighted by Gasteiger charge is 2.47.